The lowest BCUT2D eigenvalue weighted by atomic mass is 9.96. The predicted octanol–water partition coefficient (Wildman–Crippen LogP) is 4.70. The molecule has 34 heavy (non-hydrogen) atoms. The van der Waals surface area contributed by atoms with Crippen LogP contribution in [0.25, 0.3) is 10.8 Å². The molecular weight excluding hydrogens is 470 g/mol. The van der Waals surface area contributed by atoms with Gasteiger partial charge in [0.15, 0.2) is 0 Å². The molecule has 0 unspecified atom stereocenters. The highest BCUT2D eigenvalue weighted by atomic mass is 32.2. The molecular formula is C25H27N3O4S2. The molecule has 1 aromatic heterocycles. The molecule has 0 aliphatic carbocycles. The number of benzene rings is 2. The standard InChI is InChI=1S/C25H27N3O4S2/c1-2-3-13-28-21-10-9-20(18-6-4-7-19(23(18)21)25(28)30)26-24(29)17-11-14-27(15-12-17)34(31,32)22-8-5-16-33-22/h4-10,16-17H,2-3,11-15H2,1H3,(H,26,29). The number of hydrogen-bond acceptors (Lipinski definition) is 5. The maximum Gasteiger partial charge on any atom is 0.258 e. The van der Waals surface area contributed by atoms with Gasteiger partial charge >= 0.3 is 0 Å². The van der Waals surface area contributed by atoms with Crippen LogP contribution in [0.1, 0.15) is 43.0 Å². The Balaban J connectivity index is 1.32. The van der Waals surface area contributed by atoms with E-state index in [4.69, 9.17) is 0 Å². The minimum atomic E-state index is -3.49. The van der Waals surface area contributed by atoms with Gasteiger partial charge in [-0.15, -0.1) is 11.3 Å². The zero-order chi connectivity index (χ0) is 23.9. The number of carbonyl (C=O) groups is 2. The van der Waals surface area contributed by atoms with Gasteiger partial charge in [-0.05, 0) is 48.9 Å². The predicted molar refractivity (Wildman–Crippen MR) is 135 cm³/mol. The van der Waals surface area contributed by atoms with E-state index in [0.717, 1.165) is 29.3 Å². The van der Waals surface area contributed by atoms with Crippen molar-refractivity contribution in [3.05, 3.63) is 53.4 Å². The zero-order valence-corrected chi connectivity index (χ0v) is 20.6. The summed E-state index contributed by atoms with van der Waals surface area (Å²) in [7, 11) is -3.49. The van der Waals surface area contributed by atoms with Crippen LogP contribution in [0.2, 0.25) is 0 Å². The van der Waals surface area contributed by atoms with Crippen LogP contribution in [0.5, 0.6) is 0 Å². The van der Waals surface area contributed by atoms with Crippen molar-refractivity contribution >= 4 is 55.3 Å². The minimum Gasteiger partial charge on any atom is -0.325 e. The number of thiophene rings is 1. The molecule has 2 aliphatic heterocycles. The van der Waals surface area contributed by atoms with Crippen LogP contribution in [0.3, 0.4) is 0 Å². The summed E-state index contributed by atoms with van der Waals surface area (Å²) in [5, 5.41) is 6.55. The van der Waals surface area contributed by atoms with Gasteiger partial charge in [0.2, 0.25) is 5.91 Å². The molecule has 3 heterocycles. The Morgan fingerprint density at radius 2 is 1.91 bits per heavy atom. The molecule has 2 aromatic carbocycles. The number of piperidine rings is 1. The summed E-state index contributed by atoms with van der Waals surface area (Å²) in [6, 6.07) is 12.8. The largest absolute Gasteiger partial charge is 0.325 e. The maximum absolute atomic E-state index is 13.1. The van der Waals surface area contributed by atoms with Crippen LogP contribution >= 0.6 is 11.3 Å². The Labute approximate surface area is 203 Å². The van der Waals surface area contributed by atoms with E-state index in [9.17, 15) is 18.0 Å². The number of sulfonamides is 1. The van der Waals surface area contributed by atoms with Crippen molar-refractivity contribution in [3.63, 3.8) is 0 Å². The van der Waals surface area contributed by atoms with Gasteiger partial charge in [0.25, 0.3) is 15.9 Å². The molecule has 0 saturated carbocycles. The average molecular weight is 498 g/mol. The molecule has 1 N–H and O–H groups in total. The first-order valence-electron chi connectivity index (χ1n) is 11.6. The number of carbonyl (C=O) groups excluding carboxylic acids is 2. The van der Waals surface area contributed by atoms with E-state index in [1.165, 1.54) is 15.6 Å². The van der Waals surface area contributed by atoms with Crippen LogP contribution in [-0.4, -0.2) is 44.2 Å². The summed E-state index contributed by atoms with van der Waals surface area (Å²) in [6.45, 7) is 3.42. The van der Waals surface area contributed by atoms with Crippen LogP contribution < -0.4 is 10.2 Å². The molecule has 2 aliphatic rings. The monoisotopic (exact) mass is 497 g/mol. The van der Waals surface area contributed by atoms with Gasteiger partial charge in [-0.3, -0.25) is 9.59 Å². The number of anilines is 2. The molecule has 5 rings (SSSR count). The van der Waals surface area contributed by atoms with Crippen molar-refractivity contribution < 1.29 is 18.0 Å². The van der Waals surface area contributed by atoms with Crippen molar-refractivity contribution in [2.75, 3.05) is 29.9 Å². The van der Waals surface area contributed by atoms with E-state index in [0.29, 0.717) is 47.9 Å². The molecule has 2 amide bonds. The molecule has 0 radical (unpaired) electrons. The van der Waals surface area contributed by atoms with Gasteiger partial charge in [0.05, 0.1) is 5.69 Å². The van der Waals surface area contributed by atoms with Crippen molar-refractivity contribution in [1.82, 2.24) is 4.31 Å². The SMILES string of the molecule is CCCCN1C(=O)c2cccc3c(NC(=O)C4CCN(S(=O)(=O)c5cccs5)CC4)ccc1c23. The third kappa shape index (κ3) is 3.91. The topological polar surface area (TPSA) is 86.8 Å². The summed E-state index contributed by atoms with van der Waals surface area (Å²) in [5.41, 5.74) is 2.25. The zero-order valence-electron chi connectivity index (χ0n) is 19.0. The summed E-state index contributed by atoms with van der Waals surface area (Å²) in [6.07, 6.45) is 2.88. The van der Waals surface area contributed by atoms with Crippen molar-refractivity contribution in [2.45, 2.75) is 36.8 Å². The third-order valence-electron chi connectivity index (χ3n) is 6.69. The highest BCUT2D eigenvalue weighted by Crippen LogP contribution is 2.41. The number of amides is 2. The number of unbranched alkanes of at least 4 members (excludes halogenated alkanes) is 1. The van der Waals surface area contributed by atoms with Crippen molar-refractivity contribution in [1.29, 1.82) is 0 Å². The maximum atomic E-state index is 13.1. The summed E-state index contributed by atoms with van der Waals surface area (Å²) >= 11 is 1.21. The number of nitrogens with one attached hydrogen (secondary N) is 1. The quantitative estimate of drug-likeness (QED) is 0.513. The molecule has 1 fully saturated rings. The average Bonchev–Trinajstić information content (AvgIpc) is 3.49. The summed E-state index contributed by atoms with van der Waals surface area (Å²) in [4.78, 5) is 27.9. The van der Waals surface area contributed by atoms with E-state index in [1.54, 1.807) is 17.5 Å². The normalized spacial score (nSPS) is 17.0. The van der Waals surface area contributed by atoms with Crippen molar-refractivity contribution in [2.24, 2.45) is 5.92 Å². The molecule has 0 bridgehead atoms. The second-order valence-electron chi connectivity index (χ2n) is 8.77. The molecule has 0 spiro atoms. The molecule has 3 aromatic rings. The first-order chi connectivity index (χ1) is 16.4. The number of rotatable bonds is 7. The van der Waals surface area contributed by atoms with Crippen molar-refractivity contribution in [3.8, 4) is 0 Å². The smallest absolute Gasteiger partial charge is 0.258 e. The molecule has 9 heteroatoms. The second kappa shape index (κ2) is 9.13. The highest BCUT2D eigenvalue weighted by Gasteiger charge is 2.34. The Kier molecular flexibility index (Phi) is 6.18. The lowest BCUT2D eigenvalue weighted by molar-refractivity contribution is -0.120. The fraction of sp³-hybridized carbons (Fsp3) is 0.360. The van der Waals surface area contributed by atoms with Gasteiger partial charge in [-0.2, -0.15) is 4.31 Å². The van der Waals surface area contributed by atoms with Gasteiger partial charge in [0.1, 0.15) is 4.21 Å². The van der Waals surface area contributed by atoms with Gasteiger partial charge in [0, 0.05) is 47.6 Å². The van der Waals surface area contributed by atoms with E-state index < -0.39 is 10.0 Å². The Morgan fingerprint density at radius 1 is 1.12 bits per heavy atom. The Hall–Kier alpha value is -2.75. The molecule has 7 nitrogen and oxygen atoms in total. The van der Waals surface area contributed by atoms with E-state index in [1.807, 2.05) is 35.2 Å². The van der Waals surface area contributed by atoms with Gasteiger partial charge in [-0.1, -0.05) is 31.5 Å². The van der Waals surface area contributed by atoms with E-state index in [-0.39, 0.29) is 17.7 Å². The van der Waals surface area contributed by atoms with Gasteiger partial charge in [-0.25, -0.2) is 8.42 Å². The van der Waals surface area contributed by atoms with E-state index >= 15 is 0 Å². The molecule has 0 atom stereocenters. The van der Waals surface area contributed by atoms with Gasteiger partial charge < -0.3 is 10.2 Å². The molecule has 178 valence electrons. The fourth-order valence-corrected chi connectivity index (χ4v) is 7.44. The molecule has 1 saturated heterocycles. The Bertz CT molecular complexity index is 1340. The van der Waals surface area contributed by atoms with Crippen LogP contribution in [0, 0.1) is 5.92 Å². The number of nitrogens with zero attached hydrogens (tertiary/aromatic N) is 2. The highest BCUT2D eigenvalue weighted by molar-refractivity contribution is 7.91. The first kappa shape index (κ1) is 23.0. The summed E-state index contributed by atoms with van der Waals surface area (Å²) < 4.78 is 27.3. The van der Waals surface area contributed by atoms with E-state index in [2.05, 4.69) is 12.2 Å². The lowest BCUT2D eigenvalue weighted by Crippen LogP contribution is -2.41. The second-order valence-corrected chi connectivity index (χ2v) is 11.9. The van der Waals surface area contributed by atoms with Crippen LogP contribution in [0.4, 0.5) is 11.4 Å². The number of hydrogen-bond donors (Lipinski definition) is 1. The van der Waals surface area contributed by atoms with Crippen LogP contribution in [0.15, 0.2) is 52.1 Å². The summed E-state index contributed by atoms with van der Waals surface area (Å²) in [5.74, 6) is -0.363. The Morgan fingerprint density at radius 3 is 2.62 bits per heavy atom. The first-order valence-corrected chi connectivity index (χ1v) is 14.0. The minimum absolute atomic E-state index is 0.0110. The fourth-order valence-electron chi connectivity index (χ4n) is 4.82. The lowest BCUT2D eigenvalue weighted by Gasteiger charge is -2.30. The van der Waals surface area contributed by atoms with Crippen LogP contribution in [-0.2, 0) is 14.8 Å². The third-order valence-corrected chi connectivity index (χ3v) is 9.96.